The molecule has 2 aromatic carbocycles. The Bertz CT molecular complexity index is 1070. The summed E-state index contributed by atoms with van der Waals surface area (Å²) >= 11 is 0. The molecule has 0 atom stereocenters. The Balaban J connectivity index is 1.68. The highest BCUT2D eigenvalue weighted by Gasteiger charge is 2.12. The highest BCUT2D eigenvalue weighted by atomic mass is 16.5. The van der Waals surface area contributed by atoms with E-state index in [9.17, 15) is 4.79 Å². The van der Waals surface area contributed by atoms with Crippen molar-refractivity contribution >= 4 is 23.4 Å². The van der Waals surface area contributed by atoms with E-state index in [-0.39, 0.29) is 23.5 Å². The molecule has 1 aromatic heterocycles. The van der Waals surface area contributed by atoms with E-state index in [0.29, 0.717) is 16.8 Å². The van der Waals surface area contributed by atoms with E-state index < -0.39 is 0 Å². The Labute approximate surface area is 162 Å². The quantitative estimate of drug-likeness (QED) is 0.363. The van der Waals surface area contributed by atoms with Crippen molar-refractivity contribution in [2.24, 2.45) is 0 Å². The lowest BCUT2D eigenvalue weighted by molar-refractivity contribution is 0.102. The van der Waals surface area contributed by atoms with Gasteiger partial charge in [-0.25, -0.2) is 0 Å². The van der Waals surface area contributed by atoms with Crippen molar-refractivity contribution in [1.82, 2.24) is 0 Å². The number of furan rings is 1. The van der Waals surface area contributed by atoms with E-state index >= 15 is 0 Å². The molecule has 0 saturated heterocycles. The van der Waals surface area contributed by atoms with Crippen molar-refractivity contribution in [3.05, 3.63) is 89.4 Å². The average Bonchev–Trinajstić information content (AvgIpc) is 3.24. The minimum absolute atomic E-state index is 0.222. The second-order valence-electron chi connectivity index (χ2n) is 5.72. The standard InChI is InChI=1S/C22H17N3O3/c1-2-5-15-9-11-16(12-10-15)22(26)25-18-7-3-6-17(14-18)20(23)28-21(24)19-8-4-13-27-19/h3-4,6-14,23-24H,1H3,(H,25,26). The summed E-state index contributed by atoms with van der Waals surface area (Å²) in [5.41, 5.74) is 2.27. The topological polar surface area (TPSA) is 99.2 Å². The lowest BCUT2D eigenvalue weighted by Crippen LogP contribution is -2.14. The average molecular weight is 371 g/mol. The van der Waals surface area contributed by atoms with Gasteiger partial charge in [0.2, 0.25) is 5.90 Å². The molecule has 0 aliphatic carbocycles. The monoisotopic (exact) mass is 371 g/mol. The molecule has 6 heteroatoms. The van der Waals surface area contributed by atoms with E-state index in [4.69, 9.17) is 20.0 Å². The molecule has 0 fully saturated rings. The highest BCUT2D eigenvalue weighted by Crippen LogP contribution is 2.15. The van der Waals surface area contributed by atoms with E-state index in [0.717, 1.165) is 5.56 Å². The maximum Gasteiger partial charge on any atom is 0.257 e. The van der Waals surface area contributed by atoms with E-state index in [1.807, 2.05) is 0 Å². The van der Waals surface area contributed by atoms with Crippen molar-refractivity contribution in [2.45, 2.75) is 6.92 Å². The molecule has 1 heterocycles. The van der Waals surface area contributed by atoms with Gasteiger partial charge in [-0.05, 0) is 61.5 Å². The fourth-order valence-corrected chi connectivity index (χ4v) is 2.41. The number of rotatable bonds is 4. The van der Waals surface area contributed by atoms with Crippen LogP contribution in [0.3, 0.4) is 0 Å². The van der Waals surface area contributed by atoms with Crippen LogP contribution in [0.1, 0.15) is 34.2 Å². The number of carbonyl (C=O) groups is 1. The number of benzene rings is 2. The first-order chi connectivity index (χ1) is 13.6. The van der Waals surface area contributed by atoms with Gasteiger partial charge in [0.25, 0.3) is 11.8 Å². The summed E-state index contributed by atoms with van der Waals surface area (Å²) < 4.78 is 10.3. The molecule has 0 spiro atoms. The van der Waals surface area contributed by atoms with Crippen LogP contribution in [0, 0.1) is 22.7 Å². The lowest BCUT2D eigenvalue weighted by atomic mass is 10.1. The molecule has 0 aliphatic rings. The molecule has 3 rings (SSSR count). The van der Waals surface area contributed by atoms with Gasteiger partial charge in [-0.2, -0.15) is 0 Å². The maximum atomic E-state index is 12.4. The smallest absolute Gasteiger partial charge is 0.257 e. The second kappa shape index (κ2) is 8.52. The van der Waals surface area contributed by atoms with Crippen LogP contribution < -0.4 is 5.32 Å². The van der Waals surface area contributed by atoms with E-state index in [1.54, 1.807) is 67.6 Å². The molecular weight excluding hydrogens is 354 g/mol. The number of carbonyl (C=O) groups excluding carboxylic acids is 1. The van der Waals surface area contributed by atoms with Gasteiger partial charge in [-0.3, -0.25) is 15.6 Å². The van der Waals surface area contributed by atoms with Crippen molar-refractivity contribution in [3.8, 4) is 11.8 Å². The summed E-state index contributed by atoms with van der Waals surface area (Å²) in [6.45, 7) is 1.75. The van der Waals surface area contributed by atoms with Crippen LogP contribution in [0.2, 0.25) is 0 Å². The van der Waals surface area contributed by atoms with Crippen molar-refractivity contribution in [2.75, 3.05) is 5.32 Å². The predicted octanol–water partition coefficient (Wildman–Crippen LogP) is 4.27. The van der Waals surface area contributed by atoms with Crippen LogP contribution >= 0.6 is 0 Å². The number of anilines is 1. The van der Waals surface area contributed by atoms with Gasteiger partial charge < -0.3 is 14.5 Å². The Morgan fingerprint density at radius 3 is 2.46 bits per heavy atom. The maximum absolute atomic E-state index is 12.4. The summed E-state index contributed by atoms with van der Waals surface area (Å²) in [4.78, 5) is 12.4. The summed E-state index contributed by atoms with van der Waals surface area (Å²) in [7, 11) is 0. The van der Waals surface area contributed by atoms with Crippen molar-refractivity contribution in [1.29, 1.82) is 10.8 Å². The Hall–Kier alpha value is -4.11. The van der Waals surface area contributed by atoms with Crippen LogP contribution in [-0.4, -0.2) is 17.7 Å². The summed E-state index contributed by atoms with van der Waals surface area (Å²) in [6, 6.07) is 16.8. The number of nitrogens with one attached hydrogen (secondary N) is 3. The predicted molar refractivity (Wildman–Crippen MR) is 107 cm³/mol. The second-order valence-corrected chi connectivity index (χ2v) is 5.72. The molecule has 0 aliphatic heterocycles. The van der Waals surface area contributed by atoms with Gasteiger partial charge in [0, 0.05) is 22.4 Å². The number of ether oxygens (including phenoxy) is 1. The zero-order chi connectivity index (χ0) is 19.9. The van der Waals surface area contributed by atoms with E-state index in [2.05, 4.69) is 17.2 Å². The fraction of sp³-hybridized carbons (Fsp3) is 0.0455. The number of hydrogen-bond donors (Lipinski definition) is 3. The first-order valence-corrected chi connectivity index (χ1v) is 8.40. The third-order valence-electron chi connectivity index (χ3n) is 3.75. The molecule has 0 unspecified atom stereocenters. The van der Waals surface area contributed by atoms with Gasteiger partial charge in [0.05, 0.1) is 6.26 Å². The molecule has 6 nitrogen and oxygen atoms in total. The third kappa shape index (κ3) is 4.54. The molecule has 138 valence electrons. The minimum atomic E-state index is -0.274. The van der Waals surface area contributed by atoms with Crippen LogP contribution in [0.25, 0.3) is 0 Å². The first kappa shape index (κ1) is 18.7. The molecule has 0 saturated carbocycles. The zero-order valence-corrected chi connectivity index (χ0v) is 15.1. The van der Waals surface area contributed by atoms with Gasteiger partial charge in [0.1, 0.15) is 0 Å². The van der Waals surface area contributed by atoms with Gasteiger partial charge in [-0.1, -0.05) is 12.0 Å². The largest absolute Gasteiger partial charge is 0.459 e. The van der Waals surface area contributed by atoms with E-state index in [1.165, 1.54) is 6.26 Å². The van der Waals surface area contributed by atoms with Crippen LogP contribution in [0.4, 0.5) is 5.69 Å². The summed E-state index contributed by atoms with van der Waals surface area (Å²) in [6.07, 6.45) is 1.42. The highest BCUT2D eigenvalue weighted by molar-refractivity contribution is 6.06. The molecule has 3 aromatic rings. The number of hydrogen-bond acceptors (Lipinski definition) is 5. The normalized spacial score (nSPS) is 9.75. The summed E-state index contributed by atoms with van der Waals surface area (Å²) in [5, 5.41) is 18.6. The zero-order valence-electron chi connectivity index (χ0n) is 15.1. The SMILES string of the molecule is CC#Cc1ccc(C(=O)Nc2cccc(C(=N)OC(=N)c3ccco3)c2)cc1. The Morgan fingerprint density at radius 2 is 1.79 bits per heavy atom. The van der Waals surface area contributed by atoms with Gasteiger partial charge in [-0.15, -0.1) is 5.92 Å². The summed E-state index contributed by atoms with van der Waals surface area (Å²) in [5.74, 6) is 5.20. The van der Waals surface area contributed by atoms with Crippen molar-refractivity contribution < 1.29 is 13.9 Å². The molecule has 3 N–H and O–H groups in total. The Kier molecular flexibility index (Phi) is 5.68. The molecule has 0 bridgehead atoms. The third-order valence-corrected chi connectivity index (χ3v) is 3.75. The lowest BCUT2D eigenvalue weighted by Gasteiger charge is -2.09. The molecule has 0 radical (unpaired) electrons. The van der Waals surface area contributed by atoms with Crippen molar-refractivity contribution in [3.63, 3.8) is 0 Å². The van der Waals surface area contributed by atoms with Crippen LogP contribution in [0.5, 0.6) is 0 Å². The minimum Gasteiger partial charge on any atom is -0.459 e. The van der Waals surface area contributed by atoms with Crippen LogP contribution in [-0.2, 0) is 4.74 Å². The Morgan fingerprint density at radius 1 is 1.00 bits per heavy atom. The molecule has 1 amide bonds. The molecular formula is C22H17N3O3. The van der Waals surface area contributed by atoms with Gasteiger partial charge >= 0.3 is 0 Å². The number of amides is 1. The molecule has 28 heavy (non-hydrogen) atoms. The first-order valence-electron chi connectivity index (χ1n) is 8.40. The van der Waals surface area contributed by atoms with Crippen LogP contribution in [0.15, 0.2) is 71.3 Å². The fourth-order valence-electron chi connectivity index (χ4n) is 2.41. The van der Waals surface area contributed by atoms with Gasteiger partial charge in [0.15, 0.2) is 5.76 Å².